The smallest absolute Gasteiger partial charge is 0.251 e. The molecule has 2 heterocycles. The predicted octanol–water partition coefficient (Wildman–Crippen LogP) is 3.15. The Morgan fingerprint density at radius 1 is 1.33 bits per heavy atom. The molecule has 1 aromatic carbocycles. The van der Waals surface area contributed by atoms with Crippen molar-refractivity contribution in [2.45, 2.75) is 57.2 Å². The molecule has 2 bridgehead atoms. The first-order valence-electron chi connectivity index (χ1n) is 8.68. The number of hydrogen-bond acceptors (Lipinski definition) is 4. The van der Waals surface area contributed by atoms with Gasteiger partial charge in [-0.05, 0) is 44.2 Å². The summed E-state index contributed by atoms with van der Waals surface area (Å²) in [7, 11) is 1.55. The number of benzene rings is 1. The van der Waals surface area contributed by atoms with Crippen LogP contribution in [0.15, 0.2) is 12.1 Å². The van der Waals surface area contributed by atoms with Gasteiger partial charge in [-0.2, -0.15) is 0 Å². The Balaban J connectivity index is 1.71. The molecule has 0 saturated carbocycles. The maximum Gasteiger partial charge on any atom is 0.251 e. The Morgan fingerprint density at radius 3 is 2.67 bits per heavy atom. The molecule has 0 aliphatic carbocycles. The van der Waals surface area contributed by atoms with Gasteiger partial charge in [0.1, 0.15) is 0 Å². The lowest BCUT2D eigenvalue weighted by Crippen LogP contribution is -2.48. The highest BCUT2D eigenvalue weighted by Gasteiger charge is 2.34. The van der Waals surface area contributed by atoms with Crippen LogP contribution in [0.5, 0.6) is 11.5 Å². The Morgan fingerprint density at radius 2 is 2.04 bits per heavy atom. The highest BCUT2D eigenvalue weighted by atomic mass is 35.5. The van der Waals surface area contributed by atoms with Crippen molar-refractivity contribution >= 4 is 17.5 Å². The molecular formula is C18H25ClN2O3. The standard InChI is InChI=1S/C18H25ClN2O3/c1-3-6-24-17-15(19)7-11(8-16(17)23-2)18(22)21-14-9-12-4-5-13(10-14)20-12/h7-8,12-14,20H,3-6,9-10H2,1-2H3,(H,21,22). The number of ether oxygens (including phenoxy) is 2. The van der Waals surface area contributed by atoms with E-state index in [0.29, 0.717) is 40.8 Å². The Hall–Kier alpha value is -1.46. The van der Waals surface area contributed by atoms with Gasteiger partial charge in [0, 0.05) is 23.7 Å². The largest absolute Gasteiger partial charge is 0.493 e. The van der Waals surface area contributed by atoms with Crippen LogP contribution >= 0.6 is 11.6 Å². The van der Waals surface area contributed by atoms with Gasteiger partial charge in [-0.25, -0.2) is 0 Å². The molecule has 0 radical (unpaired) electrons. The van der Waals surface area contributed by atoms with Crippen molar-refractivity contribution < 1.29 is 14.3 Å². The fraction of sp³-hybridized carbons (Fsp3) is 0.611. The molecule has 0 aromatic heterocycles. The lowest BCUT2D eigenvalue weighted by atomic mass is 9.99. The van der Waals surface area contributed by atoms with Crippen molar-refractivity contribution in [2.24, 2.45) is 0 Å². The summed E-state index contributed by atoms with van der Waals surface area (Å²) in [4.78, 5) is 12.6. The van der Waals surface area contributed by atoms with Crippen molar-refractivity contribution in [1.82, 2.24) is 10.6 Å². The zero-order valence-corrected chi connectivity index (χ0v) is 15.0. The minimum Gasteiger partial charge on any atom is -0.493 e. The van der Waals surface area contributed by atoms with Crippen LogP contribution in [0.25, 0.3) is 0 Å². The number of methoxy groups -OCH3 is 1. The fourth-order valence-electron chi connectivity index (χ4n) is 3.64. The zero-order valence-electron chi connectivity index (χ0n) is 14.2. The van der Waals surface area contributed by atoms with E-state index in [1.807, 2.05) is 6.92 Å². The van der Waals surface area contributed by atoms with Gasteiger partial charge in [0.2, 0.25) is 0 Å². The lowest BCUT2D eigenvalue weighted by molar-refractivity contribution is 0.0923. The summed E-state index contributed by atoms with van der Waals surface area (Å²) in [5, 5.41) is 7.12. The van der Waals surface area contributed by atoms with Crippen LogP contribution in [-0.2, 0) is 0 Å². The number of hydrogen-bond donors (Lipinski definition) is 2. The van der Waals surface area contributed by atoms with E-state index in [0.717, 1.165) is 19.3 Å². The Kier molecular flexibility index (Phi) is 5.51. The summed E-state index contributed by atoms with van der Waals surface area (Å²) >= 11 is 6.30. The maximum absolute atomic E-state index is 12.6. The fourth-order valence-corrected chi connectivity index (χ4v) is 3.90. The topological polar surface area (TPSA) is 59.6 Å². The second-order valence-corrected chi connectivity index (χ2v) is 7.02. The first kappa shape index (κ1) is 17.4. The molecule has 2 saturated heterocycles. The predicted molar refractivity (Wildman–Crippen MR) is 94.2 cm³/mol. The number of piperidine rings is 1. The van der Waals surface area contributed by atoms with Crippen molar-refractivity contribution in [3.05, 3.63) is 22.7 Å². The van der Waals surface area contributed by atoms with Gasteiger partial charge in [0.15, 0.2) is 11.5 Å². The van der Waals surface area contributed by atoms with E-state index in [-0.39, 0.29) is 11.9 Å². The van der Waals surface area contributed by atoms with Crippen LogP contribution in [0.3, 0.4) is 0 Å². The average molecular weight is 353 g/mol. The van der Waals surface area contributed by atoms with Gasteiger partial charge in [-0.1, -0.05) is 18.5 Å². The Labute approximate surface area is 148 Å². The summed E-state index contributed by atoms with van der Waals surface area (Å²) in [5.74, 6) is 0.882. The van der Waals surface area contributed by atoms with Crippen LogP contribution in [-0.4, -0.2) is 37.7 Å². The first-order valence-corrected chi connectivity index (χ1v) is 9.05. The molecule has 6 heteroatoms. The average Bonchev–Trinajstić information content (AvgIpc) is 2.91. The number of carbonyl (C=O) groups excluding carboxylic acids is 1. The van der Waals surface area contributed by atoms with E-state index in [1.165, 1.54) is 12.8 Å². The molecule has 0 spiro atoms. The van der Waals surface area contributed by atoms with Crippen LogP contribution in [0, 0.1) is 0 Å². The van der Waals surface area contributed by atoms with E-state index >= 15 is 0 Å². The third-order valence-electron chi connectivity index (χ3n) is 4.75. The van der Waals surface area contributed by atoms with Crippen LogP contribution < -0.4 is 20.1 Å². The van der Waals surface area contributed by atoms with Crippen LogP contribution in [0.2, 0.25) is 5.02 Å². The molecule has 2 atom stereocenters. The lowest BCUT2D eigenvalue weighted by Gasteiger charge is -2.29. The minimum absolute atomic E-state index is 0.108. The normalized spacial score (nSPS) is 25.4. The maximum atomic E-state index is 12.6. The van der Waals surface area contributed by atoms with Gasteiger partial charge >= 0.3 is 0 Å². The minimum atomic E-state index is -0.108. The van der Waals surface area contributed by atoms with E-state index in [1.54, 1.807) is 19.2 Å². The molecule has 2 aliphatic heterocycles. The molecule has 1 amide bonds. The van der Waals surface area contributed by atoms with Crippen molar-refractivity contribution in [3.8, 4) is 11.5 Å². The van der Waals surface area contributed by atoms with Gasteiger partial charge < -0.3 is 20.1 Å². The molecule has 2 N–H and O–H groups in total. The third kappa shape index (κ3) is 3.78. The summed E-state index contributed by atoms with van der Waals surface area (Å²) in [6.45, 7) is 2.58. The molecule has 3 rings (SSSR count). The Bertz CT molecular complexity index is 596. The van der Waals surface area contributed by atoms with Crippen molar-refractivity contribution in [1.29, 1.82) is 0 Å². The second kappa shape index (κ2) is 7.62. The molecule has 2 aliphatic rings. The summed E-state index contributed by atoms with van der Waals surface area (Å²) in [6, 6.07) is 4.65. The van der Waals surface area contributed by atoms with Gasteiger partial charge in [0.05, 0.1) is 18.7 Å². The van der Waals surface area contributed by atoms with Crippen molar-refractivity contribution in [2.75, 3.05) is 13.7 Å². The molecule has 2 unspecified atom stereocenters. The molecule has 2 fully saturated rings. The molecular weight excluding hydrogens is 328 g/mol. The number of carbonyl (C=O) groups is 1. The van der Waals surface area contributed by atoms with E-state index in [4.69, 9.17) is 21.1 Å². The number of amides is 1. The number of halogens is 1. The van der Waals surface area contributed by atoms with Crippen molar-refractivity contribution in [3.63, 3.8) is 0 Å². The summed E-state index contributed by atoms with van der Waals surface area (Å²) in [6.07, 6.45) is 5.27. The van der Waals surface area contributed by atoms with E-state index < -0.39 is 0 Å². The quantitative estimate of drug-likeness (QED) is 0.825. The molecule has 24 heavy (non-hydrogen) atoms. The monoisotopic (exact) mass is 352 g/mol. The first-order chi connectivity index (χ1) is 11.6. The number of rotatable bonds is 6. The number of fused-ring (bicyclic) bond motifs is 2. The molecule has 5 nitrogen and oxygen atoms in total. The van der Waals surface area contributed by atoms with Gasteiger partial charge in [0.25, 0.3) is 5.91 Å². The number of nitrogens with one attached hydrogen (secondary N) is 2. The van der Waals surface area contributed by atoms with Gasteiger partial charge in [-0.3, -0.25) is 4.79 Å². The van der Waals surface area contributed by atoms with Gasteiger partial charge in [-0.15, -0.1) is 0 Å². The zero-order chi connectivity index (χ0) is 17.1. The van der Waals surface area contributed by atoms with Crippen LogP contribution in [0.4, 0.5) is 0 Å². The van der Waals surface area contributed by atoms with E-state index in [9.17, 15) is 4.79 Å². The molecule has 132 valence electrons. The van der Waals surface area contributed by atoms with Crippen LogP contribution in [0.1, 0.15) is 49.4 Å². The summed E-state index contributed by atoms with van der Waals surface area (Å²) < 4.78 is 11.0. The molecule has 1 aromatic rings. The van der Waals surface area contributed by atoms with E-state index in [2.05, 4.69) is 10.6 Å². The second-order valence-electron chi connectivity index (χ2n) is 6.62. The highest BCUT2D eigenvalue weighted by molar-refractivity contribution is 6.32. The summed E-state index contributed by atoms with van der Waals surface area (Å²) in [5.41, 5.74) is 0.506. The highest BCUT2D eigenvalue weighted by Crippen LogP contribution is 2.36. The third-order valence-corrected chi connectivity index (χ3v) is 5.03. The SMILES string of the molecule is CCCOc1c(Cl)cc(C(=O)NC2CC3CCC(C2)N3)cc1OC.